The van der Waals surface area contributed by atoms with Gasteiger partial charge in [-0.05, 0) is 18.2 Å². The van der Waals surface area contributed by atoms with Crippen LogP contribution in [0.15, 0.2) is 54.6 Å². The van der Waals surface area contributed by atoms with Crippen LogP contribution in [0.4, 0.5) is 0 Å². The fourth-order valence-electron chi connectivity index (χ4n) is 1.99. The molecule has 0 fully saturated rings. The van der Waals surface area contributed by atoms with Crippen molar-refractivity contribution in [3.63, 3.8) is 0 Å². The van der Waals surface area contributed by atoms with Crippen LogP contribution in [-0.4, -0.2) is 31.1 Å². The fourth-order valence-corrected chi connectivity index (χ4v) is 2.63. The first-order valence-corrected chi connectivity index (χ1v) is 8.59. The molecule has 5 heteroatoms. The van der Waals surface area contributed by atoms with E-state index < -0.39 is 0 Å². The van der Waals surface area contributed by atoms with Crippen LogP contribution < -0.4 is 14.8 Å². The average molecular weight is 331 g/mol. The Morgan fingerprint density at radius 2 is 1.83 bits per heavy atom. The molecule has 4 nitrogen and oxygen atoms in total. The lowest BCUT2D eigenvalue weighted by molar-refractivity contribution is -0.118. The maximum Gasteiger partial charge on any atom is 0.230 e. The van der Waals surface area contributed by atoms with Crippen molar-refractivity contribution in [3.05, 3.63) is 60.2 Å². The Balaban J connectivity index is 1.60. The fraction of sp³-hybridized carbons (Fsp3) is 0.278. The molecule has 2 aromatic carbocycles. The zero-order valence-corrected chi connectivity index (χ0v) is 14.0. The minimum absolute atomic E-state index is 0.0145. The smallest absolute Gasteiger partial charge is 0.230 e. The van der Waals surface area contributed by atoms with Crippen LogP contribution in [0.5, 0.6) is 11.5 Å². The SMILES string of the molecule is COc1ccccc1CNC(=O)CSCCOc1ccccc1. The van der Waals surface area contributed by atoms with Gasteiger partial charge in [-0.1, -0.05) is 36.4 Å². The molecule has 0 spiro atoms. The van der Waals surface area contributed by atoms with Crippen molar-refractivity contribution >= 4 is 17.7 Å². The standard InChI is InChI=1S/C18H21NO3S/c1-21-17-10-6-5-7-15(17)13-19-18(20)14-23-12-11-22-16-8-3-2-4-9-16/h2-10H,11-14H2,1H3,(H,19,20). The van der Waals surface area contributed by atoms with Gasteiger partial charge in [0.05, 0.1) is 19.5 Å². The molecule has 122 valence electrons. The van der Waals surface area contributed by atoms with Gasteiger partial charge < -0.3 is 14.8 Å². The zero-order valence-electron chi connectivity index (χ0n) is 13.2. The van der Waals surface area contributed by atoms with E-state index in [-0.39, 0.29) is 5.91 Å². The summed E-state index contributed by atoms with van der Waals surface area (Å²) in [6, 6.07) is 17.3. The van der Waals surface area contributed by atoms with Gasteiger partial charge in [-0.2, -0.15) is 0 Å². The quantitative estimate of drug-likeness (QED) is 0.717. The van der Waals surface area contributed by atoms with Gasteiger partial charge in [0, 0.05) is 17.9 Å². The van der Waals surface area contributed by atoms with Gasteiger partial charge in [-0.25, -0.2) is 0 Å². The van der Waals surface area contributed by atoms with Crippen molar-refractivity contribution in [2.75, 3.05) is 25.2 Å². The van der Waals surface area contributed by atoms with Crippen molar-refractivity contribution in [1.29, 1.82) is 0 Å². The normalized spacial score (nSPS) is 10.1. The molecule has 0 unspecified atom stereocenters. The number of nitrogens with one attached hydrogen (secondary N) is 1. The summed E-state index contributed by atoms with van der Waals surface area (Å²) < 4.78 is 10.8. The van der Waals surface area contributed by atoms with E-state index in [9.17, 15) is 4.79 Å². The number of para-hydroxylation sites is 2. The number of methoxy groups -OCH3 is 1. The predicted molar refractivity (Wildman–Crippen MR) is 94.1 cm³/mol. The summed E-state index contributed by atoms with van der Waals surface area (Å²) in [4.78, 5) is 11.8. The second kappa shape index (κ2) is 9.79. The highest BCUT2D eigenvalue weighted by Crippen LogP contribution is 2.16. The first-order chi connectivity index (χ1) is 11.3. The molecule has 0 aliphatic carbocycles. The Kier molecular flexibility index (Phi) is 7.33. The van der Waals surface area contributed by atoms with Gasteiger partial charge in [-0.15, -0.1) is 11.8 Å². The summed E-state index contributed by atoms with van der Waals surface area (Å²) in [6.45, 7) is 1.07. The summed E-state index contributed by atoms with van der Waals surface area (Å²) >= 11 is 1.56. The highest BCUT2D eigenvalue weighted by atomic mass is 32.2. The third kappa shape index (κ3) is 6.24. The Morgan fingerprint density at radius 1 is 1.09 bits per heavy atom. The molecule has 0 heterocycles. The summed E-state index contributed by atoms with van der Waals surface area (Å²) in [5.74, 6) is 2.86. The second-order valence-electron chi connectivity index (χ2n) is 4.80. The van der Waals surface area contributed by atoms with Crippen LogP contribution >= 0.6 is 11.8 Å². The van der Waals surface area contributed by atoms with Crippen molar-refractivity contribution < 1.29 is 14.3 Å². The minimum atomic E-state index is 0.0145. The van der Waals surface area contributed by atoms with Crippen molar-refractivity contribution in [3.8, 4) is 11.5 Å². The van der Waals surface area contributed by atoms with Crippen molar-refractivity contribution in [2.45, 2.75) is 6.54 Å². The zero-order chi connectivity index (χ0) is 16.3. The first kappa shape index (κ1) is 17.2. The van der Waals surface area contributed by atoms with Crippen LogP contribution in [0.3, 0.4) is 0 Å². The first-order valence-electron chi connectivity index (χ1n) is 7.44. The molecular weight excluding hydrogens is 310 g/mol. The molecule has 0 aliphatic rings. The molecule has 0 radical (unpaired) electrons. The van der Waals surface area contributed by atoms with Crippen LogP contribution in [0, 0.1) is 0 Å². The number of carbonyl (C=O) groups excluding carboxylic acids is 1. The van der Waals surface area contributed by atoms with E-state index in [1.807, 2.05) is 54.6 Å². The van der Waals surface area contributed by atoms with E-state index in [4.69, 9.17) is 9.47 Å². The molecule has 0 saturated carbocycles. The van der Waals surface area contributed by atoms with Gasteiger partial charge in [0.1, 0.15) is 11.5 Å². The molecule has 2 rings (SSSR count). The third-order valence-corrected chi connectivity index (χ3v) is 4.06. The number of hydrogen-bond acceptors (Lipinski definition) is 4. The van der Waals surface area contributed by atoms with E-state index in [2.05, 4.69) is 5.32 Å². The van der Waals surface area contributed by atoms with Gasteiger partial charge in [0.2, 0.25) is 5.91 Å². The summed E-state index contributed by atoms with van der Waals surface area (Å²) in [5, 5.41) is 2.90. The van der Waals surface area contributed by atoms with E-state index in [0.717, 1.165) is 22.8 Å². The molecular formula is C18H21NO3S. The topological polar surface area (TPSA) is 47.6 Å². The molecule has 2 aromatic rings. The number of carbonyl (C=O) groups is 1. The highest BCUT2D eigenvalue weighted by molar-refractivity contribution is 7.99. The Labute approximate surface area is 141 Å². The van der Waals surface area contributed by atoms with E-state index in [1.54, 1.807) is 18.9 Å². The lowest BCUT2D eigenvalue weighted by Gasteiger charge is -2.09. The summed E-state index contributed by atoms with van der Waals surface area (Å²) in [6.07, 6.45) is 0. The monoisotopic (exact) mass is 331 g/mol. The van der Waals surface area contributed by atoms with Crippen LogP contribution in [0.25, 0.3) is 0 Å². The molecule has 0 aliphatic heterocycles. The Morgan fingerprint density at radius 3 is 2.61 bits per heavy atom. The van der Waals surface area contributed by atoms with Crippen LogP contribution in [0.1, 0.15) is 5.56 Å². The van der Waals surface area contributed by atoms with E-state index in [0.29, 0.717) is 18.9 Å². The molecule has 1 N–H and O–H groups in total. The molecule has 1 amide bonds. The van der Waals surface area contributed by atoms with Gasteiger partial charge in [0.25, 0.3) is 0 Å². The van der Waals surface area contributed by atoms with Gasteiger partial charge in [-0.3, -0.25) is 4.79 Å². The van der Waals surface area contributed by atoms with E-state index in [1.165, 1.54) is 0 Å². The van der Waals surface area contributed by atoms with Gasteiger partial charge >= 0.3 is 0 Å². The minimum Gasteiger partial charge on any atom is -0.496 e. The lowest BCUT2D eigenvalue weighted by atomic mass is 10.2. The number of hydrogen-bond donors (Lipinski definition) is 1. The predicted octanol–water partition coefficient (Wildman–Crippen LogP) is 3.12. The Hall–Kier alpha value is -2.14. The number of ether oxygens (including phenoxy) is 2. The molecule has 0 bridgehead atoms. The molecule has 0 aromatic heterocycles. The average Bonchev–Trinajstić information content (AvgIpc) is 2.60. The van der Waals surface area contributed by atoms with Crippen molar-refractivity contribution in [1.82, 2.24) is 5.32 Å². The third-order valence-electron chi connectivity index (χ3n) is 3.14. The maximum atomic E-state index is 11.8. The molecule has 23 heavy (non-hydrogen) atoms. The Bertz CT molecular complexity index is 604. The highest BCUT2D eigenvalue weighted by Gasteiger charge is 2.05. The maximum absolute atomic E-state index is 11.8. The second-order valence-corrected chi connectivity index (χ2v) is 5.91. The lowest BCUT2D eigenvalue weighted by Crippen LogP contribution is -2.25. The largest absolute Gasteiger partial charge is 0.496 e. The summed E-state index contributed by atoms with van der Waals surface area (Å²) in [7, 11) is 1.63. The van der Waals surface area contributed by atoms with Crippen LogP contribution in [0.2, 0.25) is 0 Å². The number of rotatable bonds is 9. The van der Waals surface area contributed by atoms with Gasteiger partial charge in [0.15, 0.2) is 0 Å². The van der Waals surface area contributed by atoms with Crippen LogP contribution in [-0.2, 0) is 11.3 Å². The van der Waals surface area contributed by atoms with Crippen molar-refractivity contribution in [2.24, 2.45) is 0 Å². The number of amides is 1. The number of benzene rings is 2. The number of thioether (sulfide) groups is 1. The molecule has 0 saturated heterocycles. The van der Waals surface area contributed by atoms with E-state index >= 15 is 0 Å². The molecule has 0 atom stereocenters. The summed E-state index contributed by atoms with van der Waals surface area (Å²) in [5.41, 5.74) is 0.973.